The summed E-state index contributed by atoms with van der Waals surface area (Å²) in [5.74, 6) is -0.288. The fraction of sp³-hybridized carbons (Fsp3) is 0.222. The second kappa shape index (κ2) is 5.50. The van der Waals surface area contributed by atoms with Gasteiger partial charge in [-0.1, -0.05) is 12.1 Å². The molecule has 3 aliphatic rings. The molecule has 1 aromatic carbocycles. The van der Waals surface area contributed by atoms with Crippen molar-refractivity contribution < 1.29 is 9.13 Å². The number of benzene rings is 2. The molecule has 1 saturated carbocycles. The smallest absolute Gasteiger partial charge is 0.297 e. The molecule has 5 heteroatoms. The Morgan fingerprint density at radius 1 is 1.22 bits per heavy atom. The van der Waals surface area contributed by atoms with E-state index in [2.05, 4.69) is 4.98 Å². The third-order valence-corrected chi connectivity index (χ3v) is 3.91. The van der Waals surface area contributed by atoms with Crippen molar-refractivity contribution in [3.63, 3.8) is 0 Å². The standard InChI is InChI=1S/C18H15FN2O2/c19-14-3-1-2-12(8-14)11-23-18-20-17-9-16(22)7-4-13(17)10-21(18)15-5-6-15/h1-4,7-10,15H,5-6,11H2. The van der Waals surface area contributed by atoms with Crippen LogP contribution >= 0.6 is 0 Å². The second-order valence-electron chi connectivity index (χ2n) is 5.80. The van der Waals surface area contributed by atoms with E-state index in [1.165, 1.54) is 24.3 Å². The third kappa shape index (κ3) is 2.95. The Hall–Kier alpha value is -2.69. The lowest BCUT2D eigenvalue weighted by atomic mass is 10.1. The molecule has 0 atom stereocenters. The van der Waals surface area contributed by atoms with Crippen molar-refractivity contribution >= 4 is 0 Å². The molecular weight excluding hydrogens is 295 g/mol. The molecule has 0 N–H and O–H groups in total. The van der Waals surface area contributed by atoms with Crippen LogP contribution in [0.15, 0.2) is 53.5 Å². The zero-order valence-electron chi connectivity index (χ0n) is 12.4. The zero-order chi connectivity index (χ0) is 15.8. The van der Waals surface area contributed by atoms with Gasteiger partial charge in [0.05, 0.1) is 5.69 Å². The molecule has 0 saturated heterocycles. The van der Waals surface area contributed by atoms with Crippen molar-refractivity contribution in [1.29, 1.82) is 0 Å². The van der Waals surface area contributed by atoms with Crippen molar-refractivity contribution in [2.45, 2.75) is 25.5 Å². The predicted molar refractivity (Wildman–Crippen MR) is 84.1 cm³/mol. The van der Waals surface area contributed by atoms with Crippen LogP contribution in [0, 0.1) is 5.82 Å². The lowest BCUT2D eigenvalue weighted by Gasteiger charge is -2.16. The van der Waals surface area contributed by atoms with E-state index < -0.39 is 0 Å². The van der Waals surface area contributed by atoms with Crippen LogP contribution in [-0.2, 0) is 6.61 Å². The van der Waals surface area contributed by atoms with Gasteiger partial charge in [0.15, 0.2) is 5.43 Å². The van der Waals surface area contributed by atoms with Crippen molar-refractivity contribution in [3.8, 4) is 17.3 Å². The summed E-state index contributed by atoms with van der Waals surface area (Å²) in [7, 11) is 0. The highest BCUT2D eigenvalue weighted by Gasteiger charge is 2.27. The van der Waals surface area contributed by atoms with Crippen molar-refractivity contribution in [2.24, 2.45) is 0 Å². The summed E-state index contributed by atoms with van der Waals surface area (Å²) in [5.41, 5.74) is 2.19. The molecule has 1 heterocycles. The summed E-state index contributed by atoms with van der Waals surface area (Å²) in [6.07, 6.45) is 4.15. The minimum absolute atomic E-state index is 0.0785. The average molecular weight is 310 g/mol. The van der Waals surface area contributed by atoms with Gasteiger partial charge in [-0.25, -0.2) is 4.39 Å². The molecule has 4 nitrogen and oxygen atoms in total. The van der Waals surface area contributed by atoms with E-state index in [1.54, 1.807) is 18.2 Å². The maximum absolute atomic E-state index is 13.3. The first-order chi connectivity index (χ1) is 11.2. The van der Waals surface area contributed by atoms with Gasteiger partial charge in [0.25, 0.3) is 6.01 Å². The number of hydrogen-bond acceptors (Lipinski definition) is 3. The minimum atomic E-state index is -0.288. The molecule has 0 spiro atoms. The Balaban J connectivity index is 1.68. The predicted octanol–water partition coefficient (Wildman–Crippen LogP) is 3.40. The Kier molecular flexibility index (Phi) is 3.33. The minimum Gasteiger partial charge on any atom is -0.460 e. The van der Waals surface area contributed by atoms with Gasteiger partial charge >= 0.3 is 0 Å². The van der Waals surface area contributed by atoms with E-state index >= 15 is 0 Å². The highest BCUT2D eigenvalue weighted by Crippen LogP contribution is 2.39. The molecule has 0 bridgehead atoms. The van der Waals surface area contributed by atoms with Gasteiger partial charge in [-0.05, 0) is 42.7 Å². The van der Waals surface area contributed by atoms with Crippen LogP contribution in [0.2, 0.25) is 0 Å². The monoisotopic (exact) mass is 310 g/mol. The highest BCUT2D eigenvalue weighted by atomic mass is 19.1. The first kappa shape index (κ1) is 13.9. The summed E-state index contributed by atoms with van der Waals surface area (Å²) >= 11 is 0. The van der Waals surface area contributed by atoms with Crippen LogP contribution in [0.5, 0.6) is 6.01 Å². The SMILES string of the molecule is O=c1ccc2cn(C3CC3)c(OCc3cccc(F)c3)nc-2c1. The number of hydrogen-bond donors (Lipinski definition) is 0. The lowest BCUT2D eigenvalue weighted by molar-refractivity contribution is 0.262. The van der Waals surface area contributed by atoms with Crippen LogP contribution in [0.25, 0.3) is 11.3 Å². The van der Waals surface area contributed by atoms with Gasteiger partial charge in [0.2, 0.25) is 0 Å². The summed E-state index contributed by atoms with van der Waals surface area (Å²) in [4.78, 5) is 16.0. The first-order valence-corrected chi connectivity index (χ1v) is 7.59. The van der Waals surface area contributed by atoms with Gasteiger partial charge in [0.1, 0.15) is 12.4 Å². The molecule has 4 rings (SSSR count). The van der Waals surface area contributed by atoms with Crippen LogP contribution in [-0.4, -0.2) is 9.55 Å². The molecular formula is C18H15FN2O2. The number of halogens is 1. The molecule has 0 radical (unpaired) electrons. The van der Waals surface area contributed by atoms with E-state index in [9.17, 15) is 9.18 Å². The van der Waals surface area contributed by atoms with Crippen LogP contribution in [0.3, 0.4) is 0 Å². The summed E-state index contributed by atoms with van der Waals surface area (Å²) in [5, 5.41) is 0. The zero-order valence-corrected chi connectivity index (χ0v) is 12.4. The second-order valence-corrected chi connectivity index (χ2v) is 5.80. The van der Waals surface area contributed by atoms with Crippen molar-refractivity contribution in [1.82, 2.24) is 9.55 Å². The summed E-state index contributed by atoms with van der Waals surface area (Å²) in [6, 6.07) is 12.0. The van der Waals surface area contributed by atoms with Gasteiger partial charge in [-0.15, -0.1) is 0 Å². The Labute approximate surface area is 132 Å². The Bertz CT molecular complexity index is 886. The maximum atomic E-state index is 13.3. The number of ether oxygens (including phenoxy) is 1. The van der Waals surface area contributed by atoms with E-state index in [0.29, 0.717) is 17.7 Å². The fourth-order valence-electron chi connectivity index (χ4n) is 2.59. The molecule has 2 aliphatic carbocycles. The number of rotatable bonds is 4. The van der Waals surface area contributed by atoms with Crippen molar-refractivity contribution in [2.75, 3.05) is 0 Å². The Morgan fingerprint density at radius 3 is 2.87 bits per heavy atom. The molecule has 1 fully saturated rings. The van der Waals surface area contributed by atoms with E-state index in [0.717, 1.165) is 24.0 Å². The van der Waals surface area contributed by atoms with Crippen molar-refractivity contribution in [3.05, 3.63) is 70.3 Å². The first-order valence-electron chi connectivity index (χ1n) is 7.59. The number of nitrogens with zero attached hydrogens (tertiary/aromatic N) is 2. The summed E-state index contributed by atoms with van der Waals surface area (Å²) < 4.78 is 21.1. The summed E-state index contributed by atoms with van der Waals surface area (Å²) in [6.45, 7) is 0.236. The quantitative estimate of drug-likeness (QED) is 0.742. The molecule has 0 amide bonds. The molecule has 1 aliphatic heterocycles. The molecule has 1 aromatic rings. The molecule has 0 aromatic heterocycles. The molecule has 0 unspecified atom stereocenters. The average Bonchev–Trinajstić information content (AvgIpc) is 3.37. The highest BCUT2D eigenvalue weighted by molar-refractivity contribution is 5.59. The lowest BCUT2D eigenvalue weighted by Crippen LogP contribution is -2.10. The number of fused-ring (bicyclic) bond motifs is 1. The van der Waals surface area contributed by atoms with Gasteiger partial charge < -0.3 is 4.74 Å². The fourth-order valence-corrected chi connectivity index (χ4v) is 2.59. The molecule has 23 heavy (non-hydrogen) atoms. The topological polar surface area (TPSA) is 44.1 Å². The van der Waals surface area contributed by atoms with E-state index in [-0.39, 0.29) is 17.9 Å². The van der Waals surface area contributed by atoms with Gasteiger partial charge in [0, 0.05) is 23.9 Å². The normalized spacial score (nSPS) is 14.1. The van der Waals surface area contributed by atoms with E-state index in [1.807, 2.05) is 10.8 Å². The van der Waals surface area contributed by atoms with Crippen LogP contribution < -0.4 is 10.2 Å². The van der Waals surface area contributed by atoms with Crippen LogP contribution in [0.4, 0.5) is 4.39 Å². The third-order valence-electron chi connectivity index (χ3n) is 3.91. The Morgan fingerprint density at radius 2 is 2.09 bits per heavy atom. The maximum Gasteiger partial charge on any atom is 0.297 e. The van der Waals surface area contributed by atoms with E-state index in [4.69, 9.17) is 4.74 Å². The van der Waals surface area contributed by atoms with Gasteiger partial charge in [-0.2, -0.15) is 4.98 Å². The number of aromatic nitrogens is 2. The largest absolute Gasteiger partial charge is 0.460 e. The van der Waals surface area contributed by atoms with Crippen LogP contribution in [0.1, 0.15) is 24.4 Å². The molecule has 116 valence electrons. The van der Waals surface area contributed by atoms with Gasteiger partial charge in [-0.3, -0.25) is 9.36 Å².